The largest absolute Gasteiger partial charge is 0.322 e. The average Bonchev–Trinajstić information content (AvgIpc) is 2.67. The molecule has 0 aliphatic rings. The summed E-state index contributed by atoms with van der Waals surface area (Å²) in [5, 5.41) is 2.44. The molecule has 1 amide bonds. The maximum atomic E-state index is 13.3. The molecule has 0 spiro atoms. The van der Waals surface area contributed by atoms with Gasteiger partial charge in [-0.2, -0.15) is 0 Å². The molecular formula is C19H13ClF2N2O3S. The third-order valence-electron chi connectivity index (χ3n) is 3.69. The molecule has 0 aliphatic heterocycles. The van der Waals surface area contributed by atoms with E-state index in [-0.39, 0.29) is 26.9 Å². The van der Waals surface area contributed by atoms with Crippen LogP contribution in [0.4, 0.5) is 20.2 Å². The molecule has 0 saturated carbocycles. The molecule has 9 heteroatoms. The molecule has 0 heterocycles. The van der Waals surface area contributed by atoms with Gasteiger partial charge in [-0.1, -0.05) is 29.8 Å². The molecule has 2 N–H and O–H groups in total. The van der Waals surface area contributed by atoms with E-state index in [1.165, 1.54) is 36.4 Å². The molecule has 144 valence electrons. The number of carbonyl (C=O) groups excluding carboxylic acids is 1. The van der Waals surface area contributed by atoms with Crippen LogP contribution in [-0.4, -0.2) is 14.3 Å². The Kier molecular flexibility index (Phi) is 5.62. The summed E-state index contributed by atoms with van der Waals surface area (Å²) in [6, 6.07) is 14.6. The van der Waals surface area contributed by atoms with E-state index in [1.807, 2.05) is 0 Å². The molecule has 3 rings (SSSR count). The van der Waals surface area contributed by atoms with Gasteiger partial charge in [0, 0.05) is 17.4 Å². The van der Waals surface area contributed by atoms with Crippen LogP contribution >= 0.6 is 11.6 Å². The SMILES string of the molecule is O=C(Nc1ccc(F)c(F)c1)c1cc(NS(=O)(=O)c2ccccc2)ccc1Cl. The summed E-state index contributed by atoms with van der Waals surface area (Å²) in [4.78, 5) is 12.5. The lowest BCUT2D eigenvalue weighted by Gasteiger charge is -2.11. The molecule has 0 atom stereocenters. The van der Waals surface area contributed by atoms with E-state index < -0.39 is 27.6 Å². The second-order valence-electron chi connectivity index (χ2n) is 5.70. The van der Waals surface area contributed by atoms with Crippen LogP contribution in [-0.2, 0) is 10.0 Å². The fraction of sp³-hybridized carbons (Fsp3) is 0. The Labute approximate surface area is 165 Å². The van der Waals surface area contributed by atoms with Gasteiger partial charge < -0.3 is 5.32 Å². The zero-order valence-electron chi connectivity index (χ0n) is 14.1. The third-order valence-corrected chi connectivity index (χ3v) is 5.42. The number of carbonyl (C=O) groups is 1. The monoisotopic (exact) mass is 422 g/mol. The van der Waals surface area contributed by atoms with Crippen LogP contribution in [0.2, 0.25) is 5.02 Å². The van der Waals surface area contributed by atoms with E-state index >= 15 is 0 Å². The highest BCUT2D eigenvalue weighted by Crippen LogP contribution is 2.24. The van der Waals surface area contributed by atoms with E-state index in [9.17, 15) is 22.0 Å². The van der Waals surface area contributed by atoms with Crippen LogP contribution in [0.25, 0.3) is 0 Å². The van der Waals surface area contributed by atoms with Crippen molar-refractivity contribution in [1.82, 2.24) is 0 Å². The lowest BCUT2D eigenvalue weighted by Crippen LogP contribution is -2.15. The fourth-order valence-corrected chi connectivity index (χ4v) is 3.62. The molecule has 28 heavy (non-hydrogen) atoms. The smallest absolute Gasteiger partial charge is 0.261 e. The molecule has 0 bridgehead atoms. The van der Waals surface area contributed by atoms with Gasteiger partial charge in [-0.3, -0.25) is 9.52 Å². The van der Waals surface area contributed by atoms with E-state index in [2.05, 4.69) is 10.0 Å². The van der Waals surface area contributed by atoms with Crippen molar-refractivity contribution in [2.24, 2.45) is 0 Å². The van der Waals surface area contributed by atoms with Gasteiger partial charge in [0.25, 0.3) is 15.9 Å². The number of sulfonamides is 1. The molecule has 0 aromatic heterocycles. The number of nitrogens with one attached hydrogen (secondary N) is 2. The number of halogens is 3. The summed E-state index contributed by atoms with van der Waals surface area (Å²) in [7, 11) is -3.85. The molecule has 3 aromatic rings. The molecule has 0 aliphatic carbocycles. The first-order valence-electron chi connectivity index (χ1n) is 7.90. The zero-order chi connectivity index (χ0) is 20.3. The van der Waals surface area contributed by atoms with Crippen molar-refractivity contribution in [2.45, 2.75) is 4.90 Å². The van der Waals surface area contributed by atoms with E-state index in [0.29, 0.717) is 0 Å². The lowest BCUT2D eigenvalue weighted by molar-refractivity contribution is 0.102. The van der Waals surface area contributed by atoms with Gasteiger partial charge >= 0.3 is 0 Å². The van der Waals surface area contributed by atoms with E-state index in [1.54, 1.807) is 18.2 Å². The van der Waals surface area contributed by atoms with Gasteiger partial charge in [0.1, 0.15) is 0 Å². The van der Waals surface area contributed by atoms with Crippen LogP contribution in [0.5, 0.6) is 0 Å². The summed E-state index contributed by atoms with van der Waals surface area (Å²) in [5.41, 5.74) is 0.0959. The number of hydrogen-bond acceptors (Lipinski definition) is 3. The average molecular weight is 423 g/mol. The highest BCUT2D eigenvalue weighted by Gasteiger charge is 2.17. The van der Waals surface area contributed by atoms with Gasteiger partial charge in [0.15, 0.2) is 11.6 Å². The standard InChI is InChI=1S/C19H13ClF2N2O3S/c20-16-8-6-13(24-28(26,27)14-4-2-1-3-5-14)10-15(16)19(25)23-12-7-9-17(21)18(22)11-12/h1-11,24H,(H,23,25). The maximum Gasteiger partial charge on any atom is 0.261 e. The van der Waals surface area contributed by atoms with Crippen molar-refractivity contribution in [3.63, 3.8) is 0 Å². The minimum Gasteiger partial charge on any atom is -0.322 e. The molecule has 0 fully saturated rings. The Bertz CT molecular complexity index is 1140. The van der Waals surface area contributed by atoms with Gasteiger partial charge in [-0.05, 0) is 42.5 Å². The molecule has 0 saturated heterocycles. The Morgan fingerprint density at radius 2 is 1.54 bits per heavy atom. The second kappa shape index (κ2) is 7.95. The Morgan fingerprint density at radius 1 is 0.857 bits per heavy atom. The zero-order valence-corrected chi connectivity index (χ0v) is 15.7. The van der Waals surface area contributed by atoms with Crippen molar-refractivity contribution in [3.8, 4) is 0 Å². The Morgan fingerprint density at radius 3 is 2.21 bits per heavy atom. The predicted molar refractivity (Wildman–Crippen MR) is 103 cm³/mol. The first-order valence-corrected chi connectivity index (χ1v) is 9.76. The minimum atomic E-state index is -3.85. The van der Waals surface area contributed by atoms with Gasteiger partial charge in [0.2, 0.25) is 0 Å². The van der Waals surface area contributed by atoms with Gasteiger partial charge in [-0.25, -0.2) is 17.2 Å². The topological polar surface area (TPSA) is 75.3 Å². The predicted octanol–water partition coefficient (Wildman–Crippen LogP) is 4.67. The lowest BCUT2D eigenvalue weighted by atomic mass is 10.2. The highest BCUT2D eigenvalue weighted by molar-refractivity contribution is 7.92. The van der Waals surface area contributed by atoms with Crippen LogP contribution < -0.4 is 10.0 Å². The van der Waals surface area contributed by atoms with E-state index in [0.717, 1.165) is 12.1 Å². The van der Waals surface area contributed by atoms with Crippen molar-refractivity contribution in [2.75, 3.05) is 10.0 Å². The summed E-state index contributed by atoms with van der Waals surface area (Å²) >= 11 is 6.03. The second-order valence-corrected chi connectivity index (χ2v) is 7.79. The molecular weight excluding hydrogens is 410 g/mol. The fourth-order valence-electron chi connectivity index (χ4n) is 2.35. The Hall–Kier alpha value is -2.97. The van der Waals surface area contributed by atoms with Crippen LogP contribution in [0.1, 0.15) is 10.4 Å². The number of amides is 1. The van der Waals surface area contributed by atoms with Crippen molar-refractivity contribution >= 4 is 38.9 Å². The quantitative estimate of drug-likeness (QED) is 0.627. The van der Waals surface area contributed by atoms with Crippen molar-refractivity contribution in [1.29, 1.82) is 0 Å². The van der Waals surface area contributed by atoms with Crippen molar-refractivity contribution in [3.05, 3.63) is 89.0 Å². The number of benzene rings is 3. The van der Waals surface area contributed by atoms with Gasteiger partial charge in [0.05, 0.1) is 15.5 Å². The first kappa shape index (κ1) is 19.8. The molecule has 3 aromatic carbocycles. The summed E-state index contributed by atoms with van der Waals surface area (Å²) in [5.74, 6) is -2.88. The van der Waals surface area contributed by atoms with Crippen molar-refractivity contribution < 1.29 is 22.0 Å². The summed E-state index contributed by atoms with van der Waals surface area (Å²) < 4.78 is 53.5. The summed E-state index contributed by atoms with van der Waals surface area (Å²) in [6.45, 7) is 0. The number of rotatable bonds is 5. The Balaban J connectivity index is 1.85. The third kappa shape index (κ3) is 4.47. The van der Waals surface area contributed by atoms with Crippen LogP contribution in [0.15, 0.2) is 71.6 Å². The maximum absolute atomic E-state index is 13.3. The summed E-state index contributed by atoms with van der Waals surface area (Å²) in [6.07, 6.45) is 0. The minimum absolute atomic E-state index is 0.0234. The molecule has 0 radical (unpaired) electrons. The van der Waals surface area contributed by atoms with Gasteiger partial charge in [-0.15, -0.1) is 0 Å². The molecule has 0 unspecified atom stereocenters. The number of anilines is 2. The van der Waals surface area contributed by atoms with Crippen LogP contribution in [0.3, 0.4) is 0 Å². The first-order chi connectivity index (χ1) is 13.3. The van der Waals surface area contributed by atoms with E-state index in [4.69, 9.17) is 11.6 Å². The normalized spacial score (nSPS) is 11.1. The molecule has 5 nitrogen and oxygen atoms in total. The highest BCUT2D eigenvalue weighted by atomic mass is 35.5. The number of hydrogen-bond donors (Lipinski definition) is 2. The van der Waals surface area contributed by atoms with Crippen LogP contribution in [0, 0.1) is 11.6 Å².